The van der Waals surface area contributed by atoms with E-state index in [4.69, 9.17) is 32.9 Å². The molecule has 0 aliphatic carbocycles. The molecule has 2 unspecified atom stereocenters. The molecule has 22 heavy (non-hydrogen) atoms. The SMILES string of the molecule is ClC1N=C(c2ccc(OCC3CCCCO3)cc2)N=CN1Cl. The van der Waals surface area contributed by atoms with E-state index in [0.717, 1.165) is 30.8 Å². The number of hydrogen-bond acceptors (Lipinski definition) is 5. The van der Waals surface area contributed by atoms with Crippen LogP contribution in [0.2, 0.25) is 0 Å². The first kappa shape index (κ1) is 15.6. The Morgan fingerprint density at radius 1 is 1.27 bits per heavy atom. The first-order valence-electron chi connectivity index (χ1n) is 7.27. The standard InChI is InChI=1S/C15H17Cl2N3O2/c16-15-19-14(18-10-20(15)17)11-4-6-12(7-5-11)22-9-13-3-1-2-8-21-13/h4-7,10,13,15H,1-3,8-9H2. The van der Waals surface area contributed by atoms with E-state index in [9.17, 15) is 0 Å². The van der Waals surface area contributed by atoms with E-state index in [1.54, 1.807) is 0 Å². The largest absolute Gasteiger partial charge is 0.491 e. The lowest BCUT2D eigenvalue weighted by Crippen LogP contribution is -2.25. The number of ether oxygens (including phenoxy) is 2. The molecular weight excluding hydrogens is 325 g/mol. The second-order valence-electron chi connectivity index (χ2n) is 5.18. The summed E-state index contributed by atoms with van der Waals surface area (Å²) in [4.78, 5) is 8.35. The van der Waals surface area contributed by atoms with Gasteiger partial charge in [-0.15, -0.1) is 0 Å². The third-order valence-corrected chi connectivity index (χ3v) is 4.23. The molecule has 0 spiro atoms. The lowest BCUT2D eigenvalue weighted by molar-refractivity contribution is -0.0110. The average Bonchev–Trinajstić information content (AvgIpc) is 2.57. The monoisotopic (exact) mass is 341 g/mol. The fraction of sp³-hybridized carbons (Fsp3) is 0.467. The molecule has 3 rings (SSSR count). The summed E-state index contributed by atoms with van der Waals surface area (Å²) in [6, 6.07) is 7.60. The Kier molecular flexibility index (Phi) is 5.18. The molecule has 1 aromatic rings. The van der Waals surface area contributed by atoms with Gasteiger partial charge in [0.05, 0.1) is 6.10 Å². The molecule has 2 aliphatic heterocycles. The molecule has 7 heteroatoms. The molecule has 0 radical (unpaired) electrons. The van der Waals surface area contributed by atoms with E-state index in [0.29, 0.717) is 12.4 Å². The van der Waals surface area contributed by atoms with Crippen molar-refractivity contribution in [3.8, 4) is 5.75 Å². The van der Waals surface area contributed by atoms with Crippen molar-refractivity contribution in [2.24, 2.45) is 9.98 Å². The third-order valence-electron chi connectivity index (χ3n) is 3.55. The molecule has 0 amide bonds. The zero-order valence-corrected chi connectivity index (χ0v) is 13.5. The Hall–Kier alpha value is -1.30. The van der Waals surface area contributed by atoms with Gasteiger partial charge in [0.1, 0.15) is 18.7 Å². The number of alkyl halides is 1. The predicted molar refractivity (Wildman–Crippen MR) is 87.9 cm³/mol. The minimum absolute atomic E-state index is 0.201. The zero-order chi connectivity index (χ0) is 15.4. The van der Waals surface area contributed by atoms with E-state index in [1.807, 2.05) is 24.3 Å². The number of benzene rings is 1. The summed E-state index contributed by atoms with van der Waals surface area (Å²) in [7, 11) is 0. The smallest absolute Gasteiger partial charge is 0.214 e. The lowest BCUT2D eigenvalue weighted by Gasteiger charge is -2.22. The molecule has 0 N–H and O–H groups in total. The third kappa shape index (κ3) is 3.91. The highest BCUT2D eigenvalue weighted by Crippen LogP contribution is 2.19. The summed E-state index contributed by atoms with van der Waals surface area (Å²) in [5.41, 5.74) is 0.224. The van der Waals surface area contributed by atoms with Gasteiger partial charge in [-0.25, -0.2) is 14.4 Å². The van der Waals surface area contributed by atoms with Crippen LogP contribution in [0.25, 0.3) is 0 Å². The summed E-state index contributed by atoms with van der Waals surface area (Å²) >= 11 is 11.7. The van der Waals surface area contributed by atoms with Gasteiger partial charge in [-0.1, -0.05) is 11.6 Å². The van der Waals surface area contributed by atoms with Gasteiger partial charge in [-0.2, -0.15) is 0 Å². The van der Waals surface area contributed by atoms with Crippen LogP contribution in [-0.4, -0.2) is 41.5 Å². The number of rotatable bonds is 4. The van der Waals surface area contributed by atoms with Crippen LogP contribution in [0.15, 0.2) is 34.3 Å². The minimum atomic E-state index is -0.645. The van der Waals surface area contributed by atoms with Gasteiger partial charge in [-0.3, -0.25) is 0 Å². The highest BCUT2D eigenvalue weighted by Gasteiger charge is 2.17. The zero-order valence-electron chi connectivity index (χ0n) is 12.0. The van der Waals surface area contributed by atoms with E-state index in [2.05, 4.69) is 9.98 Å². The Balaban J connectivity index is 1.58. The van der Waals surface area contributed by atoms with Crippen molar-refractivity contribution in [1.29, 1.82) is 0 Å². The maximum atomic E-state index is 5.96. The topological polar surface area (TPSA) is 46.4 Å². The van der Waals surface area contributed by atoms with Crippen molar-refractivity contribution in [3.63, 3.8) is 0 Å². The predicted octanol–water partition coefficient (Wildman–Crippen LogP) is 3.40. The Bertz CT molecular complexity index is 556. The molecule has 1 aromatic carbocycles. The molecule has 1 fully saturated rings. The highest BCUT2D eigenvalue weighted by molar-refractivity contribution is 6.29. The number of halogens is 2. The van der Waals surface area contributed by atoms with E-state index in [1.165, 1.54) is 17.2 Å². The quantitative estimate of drug-likeness (QED) is 0.479. The second-order valence-corrected chi connectivity index (χ2v) is 5.96. The van der Waals surface area contributed by atoms with Crippen molar-refractivity contribution in [2.75, 3.05) is 13.2 Å². The summed E-state index contributed by atoms with van der Waals surface area (Å²) in [6.07, 6.45) is 5.08. The van der Waals surface area contributed by atoms with Gasteiger partial charge < -0.3 is 9.47 Å². The van der Waals surface area contributed by atoms with Crippen LogP contribution in [-0.2, 0) is 4.74 Å². The van der Waals surface area contributed by atoms with Crippen molar-refractivity contribution in [2.45, 2.75) is 31.0 Å². The molecule has 5 nitrogen and oxygen atoms in total. The van der Waals surface area contributed by atoms with E-state index in [-0.39, 0.29) is 6.10 Å². The van der Waals surface area contributed by atoms with Crippen LogP contribution in [0.4, 0.5) is 0 Å². The second kappa shape index (κ2) is 7.31. The normalized spacial score (nSPS) is 25.0. The summed E-state index contributed by atoms with van der Waals surface area (Å²) in [5, 5.41) is 0. The highest BCUT2D eigenvalue weighted by atomic mass is 35.5. The molecular formula is C15H17Cl2N3O2. The van der Waals surface area contributed by atoms with Crippen LogP contribution in [0.1, 0.15) is 24.8 Å². The van der Waals surface area contributed by atoms with Crippen molar-refractivity contribution < 1.29 is 9.47 Å². The minimum Gasteiger partial charge on any atom is -0.491 e. The molecule has 0 saturated carbocycles. The molecule has 0 aromatic heterocycles. The van der Waals surface area contributed by atoms with Gasteiger partial charge in [0.15, 0.2) is 5.84 Å². The molecule has 1 saturated heterocycles. The fourth-order valence-corrected chi connectivity index (χ4v) is 2.56. The van der Waals surface area contributed by atoms with Crippen LogP contribution in [0.5, 0.6) is 5.75 Å². The molecule has 118 valence electrons. The van der Waals surface area contributed by atoms with Crippen LogP contribution < -0.4 is 4.74 Å². The van der Waals surface area contributed by atoms with Crippen LogP contribution in [0.3, 0.4) is 0 Å². The van der Waals surface area contributed by atoms with Crippen LogP contribution in [0, 0.1) is 0 Å². The van der Waals surface area contributed by atoms with E-state index < -0.39 is 5.62 Å². The summed E-state index contributed by atoms with van der Waals surface area (Å²) in [5.74, 6) is 1.36. The van der Waals surface area contributed by atoms with Gasteiger partial charge in [0.25, 0.3) is 0 Å². The van der Waals surface area contributed by atoms with Gasteiger partial charge in [0, 0.05) is 23.9 Å². The van der Waals surface area contributed by atoms with Crippen LogP contribution >= 0.6 is 23.4 Å². The summed E-state index contributed by atoms with van der Waals surface area (Å²) in [6.45, 7) is 1.42. The molecule has 2 aliphatic rings. The first-order valence-corrected chi connectivity index (χ1v) is 8.05. The fourth-order valence-electron chi connectivity index (χ4n) is 2.33. The van der Waals surface area contributed by atoms with Crippen molar-refractivity contribution >= 4 is 35.6 Å². The van der Waals surface area contributed by atoms with Crippen molar-refractivity contribution in [1.82, 2.24) is 4.42 Å². The van der Waals surface area contributed by atoms with Gasteiger partial charge >= 0.3 is 0 Å². The molecule has 0 bridgehead atoms. The number of hydrogen-bond donors (Lipinski definition) is 0. The maximum Gasteiger partial charge on any atom is 0.214 e. The Morgan fingerprint density at radius 3 is 2.77 bits per heavy atom. The molecule has 2 atom stereocenters. The Labute approximate surface area is 139 Å². The number of amidine groups is 1. The van der Waals surface area contributed by atoms with E-state index >= 15 is 0 Å². The number of nitrogens with zero attached hydrogens (tertiary/aromatic N) is 3. The van der Waals surface area contributed by atoms with Gasteiger partial charge in [0.2, 0.25) is 5.62 Å². The first-order chi connectivity index (χ1) is 10.7. The number of aliphatic imine (C=N–C) groups is 2. The maximum absolute atomic E-state index is 5.96. The van der Waals surface area contributed by atoms with Gasteiger partial charge in [-0.05, 0) is 43.5 Å². The lowest BCUT2D eigenvalue weighted by atomic mass is 10.1. The average molecular weight is 342 g/mol. The summed E-state index contributed by atoms with van der Waals surface area (Å²) < 4.78 is 12.6. The Morgan fingerprint density at radius 2 is 2.09 bits per heavy atom. The van der Waals surface area contributed by atoms with Crippen molar-refractivity contribution in [3.05, 3.63) is 29.8 Å². The molecule has 2 heterocycles.